The second-order valence-corrected chi connectivity index (χ2v) is 4.48. The molecule has 0 heterocycles. The normalized spacial score (nSPS) is 39.2. The second-order valence-electron chi connectivity index (χ2n) is 4.48. The van der Waals surface area contributed by atoms with Crippen LogP contribution in [0.2, 0.25) is 0 Å². The molecule has 1 aromatic rings. The van der Waals surface area contributed by atoms with Crippen LogP contribution in [-0.2, 0) is 5.60 Å². The SMILES string of the molecule is O[C@]1(c2ccccc2)C[C@H]2C=C[C@@H]1C2. The lowest BCUT2D eigenvalue weighted by atomic mass is 9.82. The van der Waals surface area contributed by atoms with Crippen molar-refractivity contribution in [3.8, 4) is 0 Å². The van der Waals surface area contributed by atoms with Gasteiger partial charge in [-0.05, 0) is 24.3 Å². The third-order valence-electron chi connectivity index (χ3n) is 3.63. The summed E-state index contributed by atoms with van der Waals surface area (Å²) in [4.78, 5) is 0. The van der Waals surface area contributed by atoms with Gasteiger partial charge in [0.1, 0.15) is 0 Å². The van der Waals surface area contributed by atoms with E-state index < -0.39 is 5.60 Å². The van der Waals surface area contributed by atoms with Gasteiger partial charge in [-0.3, -0.25) is 0 Å². The van der Waals surface area contributed by atoms with Gasteiger partial charge in [-0.15, -0.1) is 0 Å². The summed E-state index contributed by atoms with van der Waals surface area (Å²) in [7, 11) is 0. The second kappa shape index (κ2) is 2.71. The Kier molecular flexibility index (Phi) is 1.59. The minimum absolute atomic E-state index is 0.342. The van der Waals surface area contributed by atoms with Gasteiger partial charge in [0.25, 0.3) is 0 Å². The van der Waals surface area contributed by atoms with E-state index in [-0.39, 0.29) is 0 Å². The molecule has 3 rings (SSSR count). The first-order chi connectivity index (χ1) is 6.79. The fourth-order valence-electron chi connectivity index (χ4n) is 2.89. The molecule has 1 fully saturated rings. The molecular weight excluding hydrogens is 172 g/mol. The first-order valence-corrected chi connectivity index (χ1v) is 5.25. The van der Waals surface area contributed by atoms with Gasteiger partial charge in [-0.1, -0.05) is 42.5 Å². The van der Waals surface area contributed by atoms with Gasteiger partial charge >= 0.3 is 0 Å². The molecule has 14 heavy (non-hydrogen) atoms. The maximum absolute atomic E-state index is 10.6. The Bertz CT molecular complexity index is 368. The minimum atomic E-state index is -0.583. The summed E-state index contributed by atoms with van der Waals surface area (Å²) in [5.41, 5.74) is 0.498. The molecular formula is C13H14O. The highest BCUT2D eigenvalue weighted by molar-refractivity contribution is 5.30. The molecule has 1 nitrogen and oxygen atoms in total. The molecule has 0 spiro atoms. The monoisotopic (exact) mass is 186 g/mol. The van der Waals surface area contributed by atoms with Crippen LogP contribution in [0.15, 0.2) is 42.5 Å². The van der Waals surface area contributed by atoms with E-state index in [1.165, 1.54) is 0 Å². The van der Waals surface area contributed by atoms with Crippen LogP contribution in [0.4, 0.5) is 0 Å². The van der Waals surface area contributed by atoms with Gasteiger partial charge in [-0.25, -0.2) is 0 Å². The average Bonchev–Trinajstić information content (AvgIpc) is 2.79. The van der Waals surface area contributed by atoms with E-state index in [9.17, 15) is 5.11 Å². The van der Waals surface area contributed by atoms with E-state index in [0.29, 0.717) is 11.8 Å². The van der Waals surface area contributed by atoms with E-state index >= 15 is 0 Å². The molecule has 0 radical (unpaired) electrons. The minimum Gasteiger partial charge on any atom is -0.385 e. The van der Waals surface area contributed by atoms with Crippen LogP contribution < -0.4 is 0 Å². The zero-order chi connectivity index (χ0) is 9.60. The topological polar surface area (TPSA) is 20.2 Å². The van der Waals surface area contributed by atoms with Gasteiger partial charge < -0.3 is 5.11 Å². The van der Waals surface area contributed by atoms with E-state index in [4.69, 9.17) is 0 Å². The summed E-state index contributed by atoms with van der Waals surface area (Å²) in [5.74, 6) is 0.945. The molecule has 0 amide bonds. The summed E-state index contributed by atoms with van der Waals surface area (Å²) < 4.78 is 0. The Morgan fingerprint density at radius 1 is 1.14 bits per heavy atom. The third-order valence-corrected chi connectivity index (χ3v) is 3.63. The number of aliphatic hydroxyl groups is 1. The lowest BCUT2D eigenvalue weighted by molar-refractivity contribution is 0.0103. The lowest BCUT2D eigenvalue weighted by Gasteiger charge is -2.30. The molecule has 1 saturated carbocycles. The van der Waals surface area contributed by atoms with Crippen LogP contribution in [0.3, 0.4) is 0 Å². The van der Waals surface area contributed by atoms with Crippen molar-refractivity contribution in [1.82, 2.24) is 0 Å². The number of hydrogen-bond acceptors (Lipinski definition) is 1. The molecule has 72 valence electrons. The highest BCUT2D eigenvalue weighted by Crippen LogP contribution is 2.51. The van der Waals surface area contributed by atoms with Gasteiger partial charge in [0.2, 0.25) is 0 Å². The van der Waals surface area contributed by atoms with E-state index in [0.717, 1.165) is 18.4 Å². The summed E-state index contributed by atoms with van der Waals surface area (Å²) >= 11 is 0. The third kappa shape index (κ3) is 0.992. The van der Waals surface area contributed by atoms with Crippen LogP contribution in [0, 0.1) is 11.8 Å². The van der Waals surface area contributed by atoms with Crippen LogP contribution in [0.1, 0.15) is 18.4 Å². The fourth-order valence-corrected chi connectivity index (χ4v) is 2.89. The van der Waals surface area contributed by atoms with Crippen LogP contribution in [-0.4, -0.2) is 5.11 Å². The molecule has 1 N–H and O–H groups in total. The van der Waals surface area contributed by atoms with Crippen molar-refractivity contribution in [3.63, 3.8) is 0 Å². The smallest absolute Gasteiger partial charge is 0.0964 e. The molecule has 0 saturated heterocycles. The zero-order valence-corrected chi connectivity index (χ0v) is 8.06. The Balaban J connectivity index is 2.03. The predicted molar refractivity (Wildman–Crippen MR) is 55.7 cm³/mol. The van der Waals surface area contributed by atoms with Crippen LogP contribution in [0.25, 0.3) is 0 Å². The van der Waals surface area contributed by atoms with Crippen LogP contribution in [0.5, 0.6) is 0 Å². The first kappa shape index (κ1) is 8.25. The molecule has 2 aliphatic carbocycles. The van der Waals surface area contributed by atoms with Crippen LogP contribution >= 0.6 is 0 Å². The largest absolute Gasteiger partial charge is 0.385 e. The van der Waals surface area contributed by atoms with Crippen molar-refractivity contribution in [2.45, 2.75) is 18.4 Å². The fraction of sp³-hybridized carbons (Fsp3) is 0.385. The van der Waals surface area contributed by atoms with Gasteiger partial charge in [0, 0.05) is 5.92 Å². The summed E-state index contributed by atoms with van der Waals surface area (Å²) in [6.07, 6.45) is 6.47. The van der Waals surface area contributed by atoms with E-state index in [1.54, 1.807) is 0 Å². The van der Waals surface area contributed by atoms with Gasteiger partial charge in [0.15, 0.2) is 0 Å². The highest BCUT2D eigenvalue weighted by atomic mass is 16.3. The molecule has 0 aromatic heterocycles. The summed E-state index contributed by atoms with van der Waals surface area (Å²) in [6, 6.07) is 10.1. The highest BCUT2D eigenvalue weighted by Gasteiger charge is 2.47. The van der Waals surface area contributed by atoms with E-state index in [2.05, 4.69) is 12.2 Å². The average molecular weight is 186 g/mol. The van der Waals surface area contributed by atoms with Crippen molar-refractivity contribution < 1.29 is 5.11 Å². The molecule has 2 bridgehead atoms. The Labute approximate surface area is 84.1 Å². The van der Waals surface area contributed by atoms with E-state index in [1.807, 2.05) is 30.3 Å². The van der Waals surface area contributed by atoms with Gasteiger partial charge in [-0.2, -0.15) is 0 Å². The van der Waals surface area contributed by atoms with Crippen molar-refractivity contribution in [3.05, 3.63) is 48.0 Å². The standard InChI is InChI=1S/C13H14O/c14-13(11-4-2-1-3-5-11)9-10-6-7-12(13)8-10/h1-7,10,12,14H,8-9H2/t10-,12+,13-/m0/s1. The molecule has 2 aliphatic rings. The molecule has 1 aromatic carbocycles. The Morgan fingerprint density at radius 3 is 2.50 bits per heavy atom. The maximum atomic E-state index is 10.6. The number of allylic oxidation sites excluding steroid dienone is 1. The van der Waals surface area contributed by atoms with Crippen molar-refractivity contribution >= 4 is 0 Å². The lowest BCUT2D eigenvalue weighted by Crippen LogP contribution is -2.30. The molecule has 0 aliphatic heterocycles. The van der Waals surface area contributed by atoms with Gasteiger partial charge in [0.05, 0.1) is 5.60 Å². The zero-order valence-electron chi connectivity index (χ0n) is 8.06. The van der Waals surface area contributed by atoms with Crippen molar-refractivity contribution in [2.75, 3.05) is 0 Å². The molecule has 0 unspecified atom stereocenters. The summed E-state index contributed by atoms with van der Waals surface area (Å²) in [6.45, 7) is 0. The number of fused-ring (bicyclic) bond motifs is 2. The number of hydrogen-bond donors (Lipinski definition) is 1. The Morgan fingerprint density at radius 2 is 1.93 bits per heavy atom. The quantitative estimate of drug-likeness (QED) is 0.668. The maximum Gasteiger partial charge on any atom is 0.0964 e. The first-order valence-electron chi connectivity index (χ1n) is 5.25. The number of benzene rings is 1. The number of rotatable bonds is 1. The van der Waals surface area contributed by atoms with Crippen molar-refractivity contribution in [1.29, 1.82) is 0 Å². The summed E-state index contributed by atoms with van der Waals surface area (Å²) in [5, 5.41) is 10.6. The van der Waals surface area contributed by atoms with Crippen molar-refractivity contribution in [2.24, 2.45) is 11.8 Å². The molecule has 3 atom stereocenters. The predicted octanol–water partition coefficient (Wildman–Crippen LogP) is 2.47. The molecule has 1 heteroatoms. The Hall–Kier alpha value is -1.08.